The van der Waals surface area contributed by atoms with Gasteiger partial charge in [0, 0.05) is 18.8 Å². The first-order valence-electron chi connectivity index (χ1n) is 7.67. The summed E-state index contributed by atoms with van der Waals surface area (Å²) in [5, 5.41) is 6.63. The lowest BCUT2D eigenvalue weighted by Crippen LogP contribution is -2.47. The summed E-state index contributed by atoms with van der Waals surface area (Å²) < 4.78 is 6.58. The van der Waals surface area contributed by atoms with Gasteiger partial charge in [-0.25, -0.2) is 4.68 Å². The predicted octanol–water partition coefficient (Wildman–Crippen LogP) is 0.256. The third kappa shape index (κ3) is 3.66. The summed E-state index contributed by atoms with van der Waals surface area (Å²) in [4.78, 5) is 39.9. The lowest BCUT2D eigenvalue weighted by atomic mass is 10.1. The number of hydrogen-bond acceptors (Lipinski definition) is 6. The van der Waals surface area contributed by atoms with E-state index in [0.717, 1.165) is 0 Å². The molecule has 0 aromatic carbocycles. The van der Waals surface area contributed by atoms with Crippen molar-refractivity contribution < 1.29 is 18.8 Å². The number of carbonyl (C=O) groups is 3. The molecule has 2 amide bonds. The quantitative estimate of drug-likeness (QED) is 0.585. The van der Waals surface area contributed by atoms with Crippen molar-refractivity contribution in [3.63, 3.8) is 0 Å². The van der Waals surface area contributed by atoms with Crippen molar-refractivity contribution in [1.82, 2.24) is 20.1 Å². The molecule has 3 aromatic heterocycles. The molecule has 0 saturated carbocycles. The minimum atomic E-state index is -1.15. The zero-order valence-electron chi connectivity index (χ0n) is 13.5. The molecule has 9 nitrogen and oxygen atoms in total. The van der Waals surface area contributed by atoms with Crippen molar-refractivity contribution in [1.29, 1.82) is 0 Å². The van der Waals surface area contributed by atoms with Crippen molar-refractivity contribution in [3.05, 3.63) is 66.6 Å². The van der Waals surface area contributed by atoms with Gasteiger partial charge in [-0.3, -0.25) is 19.4 Å². The Morgan fingerprint density at radius 3 is 2.58 bits per heavy atom. The maximum absolute atomic E-state index is 12.6. The number of Topliss-reactive ketones (excluding diaryl/α,β-unsaturated/α-hetero) is 1. The molecule has 26 heavy (non-hydrogen) atoms. The van der Waals surface area contributed by atoms with Gasteiger partial charge < -0.3 is 15.5 Å². The topological polar surface area (TPSA) is 133 Å². The van der Waals surface area contributed by atoms with Crippen molar-refractivity contribution in [2.24, 2.45) is 5.73 Å². The summed E-state index contributed by atoms with van der Waals surface area (Å²) in [5.41, 5.74) is 5.90. The Labute approximate surface area is 147 Å². The number of ketones is 1. The van der Waals surface area contributed by atoms with E-state index < -0.39 is 23.6 Å². The van der Waals surface area contributed by atoms with Crippen LogP contribution in [0.5, 0.6) is 0 Å². The van der Waals surface area contributed by atoms with Gasteiger partial charge in [0.2, 0.25) is 5.78 Å². The molecule has 3 rings (SSSR count). The van der Waals surface area contributed by atoms with Crippen LogP contribution in [0.25, 0.3) is 5.69 Å². The molecule has 0 radical (unpaired) electrons. The van der Waals surface area contributed by atoms with Gasteiger partial charge in [-0.2, -0.15) is 5.10 Å². The fourth-order valence-corrected chi connectivity index (χ4v) is 2.41. The molecular formula is C17H15N5O4. The predicted molar refractivity (Wildman–Crippen MR) is 89.2 cm³/mol. The minimum absolute atomic E-state index is 0.00388. The van der Waals surface area contributed by atoms with Crippen molar-refractivity contribution in [2.75, 3.05) is 0 Å². The number of nitrogens with zero attached hydrogens (tertiary/aromatic N) is 3. The molecule has 1 atom stereocenters. The highest BCUT2D eigenvalue weighted by molar-refractivity contribution is 6.38. The second kappa shape index (κ2) is 7.43. The maximum atomic E-state index is 12.6. The average Bonchev–Trinajstić information content (AvgIpc) is 3.32. The molecular weight excluding hydrogens is 338 g/mol. The zero-order valence-corrected chi connectivity index (χ0v) is 13.5. The van der Waals surface area contributed by atoms with Crippen LogP contribution < -0.4 is 11.1 Å². The Morgan fingerprint density at radius 2 is 1.92 bits per heavy atom. The SMILES string of the molecule is NC(=O)C(=O)C(Cc1ccco1)NC(=O)c1ccnn1-c1ccncc1. The lowest BCUT2D eigenvalue weighted by molar-refractivity contribution is -0.137. The number of primary amides is 1. The number of furan rings is 1. The molecule has 0 saturated heterocycles. The molecule has 132 valence electrons. The highest BCUT2D eigenvalue weighted by Crippen LogP contribution is 2.11. The fraction of sp³-hybridized carbons (Fsp3) is 0.118. The highest BCUT2D eigenvalue weighted by atomic mass is 16.3. The van der Waals surface area contributed by atoms with Gasteiger partial charge in [0.15, 0.2) is 0 Å². The first-order valence-corrected chi connectivity index (χ1v) is 7.67. The van der Waals surface area contributed by atoms with E-state index in [2.05, 4.69) is 15.4 Å². The number of hydrogen-bond donors (Lipinski definition) is 2. The molecule has 9 heteroatoms. The Bertz CT molecular complexity index is 918. The molecule has 3 N–H and O–H groups in total. The number of rotatable bonds is 7. The summed E-state index contributed by atoms with van der Waals surface area (Å²) in [6.45, 7) is 0. The first kappa shape index (κ1) is 17.1. The summed E-state index contributed by atoms with van der Waals surface area (Å²) >= 11 is 0. The smallest absolute Gasteiger partial charge is 0.287 e. The van der Waals surface area contributed by atoms with Crippen LogP contribution in [0.1, 0.15) is 16.2 Å². The number of aromatic nitrogens is 3. The summed E-state index contributed by atoms with van der Waals surface area (Å²) in [5.74, 6) is -2.19. The maximum Gasteiger partial charge on any atom is 0.287 e. The molecule has 0 fully saturated rings. The molecule has 0 spiro atoms. The van der Waals surface area contributed by atoms with Gasteiger partial charge in [0.25, 0.3) is 11.8 Å². The second-order valence-electron chi connectivity index (χ2n) is 5.37. The van der Waals surface area contributed by atoms with Gasteiger partial charge in [0.1, 0.15) is 17.5 Å². The normalized spacial score (nSPS) is 11.7. The average molecular weight is 353 g/mol. The van der Waals surface area contributed by atoms with E-state index in [1.165, 1.54) is 23.2 Å². The van der Waals surface area contributed by atoms with Crippen LogP contribution in [-0.4, -0.2) is 38.4 Å². The van der Waals surface area contributed by atoms with E-state index in [9.17, 15) is 14.4 Å². The van der Waals surface area contributed by atoms with E-state index in [0.29, 0.717) is 11.4 Å². The minimum Gasteiger partial charge on any atom is -0.469 e. The van der Waals surface area contributed by atoms with Crippen LogP contribution in [0.3, 0.4) is 0 Å². The van der Waals surface area contributed by atoms with Crippen LogP contribution in [0.2, 0.25) is 0 Å². The van der Waals surface area contributed by atoms with E-state index in [1.807, 2.05) is 0 Å². The Morgan fingerprint density at radius 1 is 1.15 bits per heavy atom. The van der Waals surface area contributed by atoms with E-state index >= 15 is 0 Å². The fourth-order valence-electron chi connectivity index (χ4n) is 2.41. The number of nitrogens with one attached hydrogen (secondary N) is 1. The Balaban J connectivity index is 1.83. The molecule has 1 unspecified atom stereocenters. The van der Waals surface area contributed by atoms with E-state index in [4.69, 9.17) is 10.2 Å². The number of nitrogens with two attached hydrogens (primary N) is 1. The molecule has 0 aliphatic rings. The van der Waals surface area contributed by atoms with Crippen LogP contribution >= 0.6 is 0 Å². The van der Waals surface area contributed by atoms with Crippen LogP contribution in [0.15, 0.2) is 59.6 Å². The second-order valence-corrected chi connectivity index (χ2v) is 5.37. The number of pyridine rings is 1. The molecule has 3 aromatic rings. The number of amides is 2. The van der Waals surface area contributed by atoms with Crippen molar-refractivity contribution in [3.8, 4) is 5.69 Å². The van der Waals surface area contributed by atoms with Gasteiger partial charge in [-0.1, -0.05) is 0 Å². The van der Waals surface area contributed by atoms with Crippen LogP contribution in [0, 0.1) is 0 Å². The highest BCUT2D eigenvalue weighted by Gasteiger charge is 2.27. The third-order valence-electron chi connectivity index (χ3n) is 3.63. The largest absolute Gasteiger partial charge is 0.469 e. The molecule has 3 heterocycles. The molecule has 0 aliphatic heterocycles. The van der Waals surface area contributed by atoms with Gasteiger partial charge in [-0.05, 0) is 30.3 Å². The van der Waals surface area contributed by atoms with E-state index in [1.54, 1.807) is 36.7 Å². The Kier molecular flexibility index (Phi) is 4.88. The van der Waals surface area contributed by atoms with Gasteiger partial charge >= 0.3 is 0 Å². The van der Waals surface area contributed by atoms with Crippen molar-refractivity contribution >= 4 is 17.6 Å². The summed E-state index contributed by atoms with van der Waals surface area (Å²) in [6, 6.07) is 6.98. The zero-order chi connectivity index (χ0) is 18.5. The lowest BCUT2D eigenvalue weighted by Gasteiger charge is -2.15. The third-order valence-corrected chi connectivity index (χ3v) is 3.63. The summed E-state index contributed by atoms with van der Waals surface area (Å²) in [6.07, 6.45) is 6.02. The van der Waals surface area contributed by atoms with Gasteiger partial charge in [0.05, 0.1) is 18.1 Å². The monoisotopic (exact) mass is 353 g/mol. The number of carbonyl (C=O) groups excluding carboxylic acids is 3. The van der Waals surface area contributed by atoms with Crippen molar-refractivity contribution in [2.45, 2.75) is 12.5 Å². The van der Waals surface area contributed by atoms with Crippen LogP contribution in [-0.2, 0) is 16.0 Å². The van der Waals surface area contributed by atoms with E-state index in [-0.39, 0.29) is 12.1 Å². The standard InChI is InChI=1S/C17H15N5O4/c18-16(24)15(23)13(10-12-2-1-9-26-12)21-17(25)14-5-8-20-22(14)11-3-6-19-7-4-11/h1-9,13H,10H2,(H2,18,24)(H,21,25). The van der Waals surface area contributed by atoms with Crippen LogP contribution in [0.4, 0.5) is 0 Å². The summed E-state index contributed by atoms with van der Waals surface area (Å²) in [7, 11) is 0. The molecule has 0 aliphatic carbocycles. The Hall–Kier alpha value is -3.75. The van der Waals surface area contributed by atoms with Gasteiger partial charge in [-0.15, -0.1) is 0 Å². The molecule has 0 bridgehead atoms. The first-order chi connectivity index (χ1) is 12.6.